The number of hydrogen-bond donors (Lipinski definition) is 1. The lowest BCUT2D eigenvalue weighted by Crippen LogP contribution is -2.27. The van der Waals surface area contributed by atoms with Crippen LogP contribution < -0.4 is 5.32 Å². The highest BCUT2D eigenvalue weighted by Crippen LogP contribution is 2.50. The van der Waals surface area contributed by atoms with Crippen molar-refractivity contribution in [2.24, 2.45) is 11.8 Å². The molecule has 1 aliphatic carbocycles. The van der Waals surface area contributed by atoms with Crippen LogP contribution in [0.1, 0.15) is 104 Å². The molecular formula is C31H42N2O5. The van der Waals surface area contributed by atoms with Gasteiger partial charge >= 0.3 is 5.97 Å². The van der Waals surface area contributed by atoms with Gasteiger partial charge in [0.25, 0.3) is 5.91 Å². The van der Waals surface area contributed by atoms with E-state index < -0.39 is 0 Å². The lowest BCUT2D eigenvalue weighted by Gasteiger charge is -2.25. The fourth-order valence-electron chi connectivity index (χ4n) is 6.82. The minimum absolute atomic E-state index is 0.0732. The largest absolute Gasteiger partial charge is 0.469 e. The molecule has 2 aliphatic heterocycles. The van der Waals surface area contributed by atoms with E-state index in [1.54, 1.807) is 0 Å². The van der Waals surface area contributed by atoms with Crippen molar-refractivity contribution in [3.05, 3.63) is 53.2 Å². The summed E-state index contributed by atoms with van der Waals surface area (Å²) in [5.74, 6) is 1.51. The summed E-state index contributed by atoms with van der Waals surface area (Å²) in [4.78, 5) is 29.0. The van der Waals surface area contributed by atoms with E-state index >= 15 is 0 Å². The van der Waals surface area contributed by atoms with E-state index in [0.717, 1.165) is 43.6 Å². The maximum absolute atomic E-state index is 12.7. The zero-order chi connectivity index (χ0) is 26.3. The maximum Gasteiger partial charge on any atom is 0.309 e. The Hall–Kier alpha value is -2.67. The average Bonchev–Trinajstić information content (AvgIpc) is 3.69. The molecular weight excluding hydrogens is 480 g/mol. The van der Waals surface area contributed by atoms with Crippen LogP contribution in [0.2, 0.25) is 0 Å². The highest BCUT2D eigenvalue weighted by Gasteiger charge is 2.51. The molecule has 2 saturated heterocycles. The summed E-state index contributed by atoms with van der Waals surface area (Å²) in [5.41, 5.74) is 2.53. The zero-order valence-electron chi connectivity index (χ0n) is 22.7. The number of oxazole rings is 1. The minimum Gasteiger partial charge on any atom is -0.469 e. The molecule has 1 aromatic carbocycles. The molecule has 0 unspecified atom stereocenters. The molecule has 0 spiro atoms. The first-order chi connectivity index (χ1) is 18.6. The monoisotopic (exact) mass is 522 g/mol. The van der Waals surface area contributed by atoms with Gasteiger partial charge in [0, 0.05) is 6.54 Å². The number of nitrogens with zero attached hydrogens (tertiary/aromatic N) is 1. The second-order valence-corrected chi connectivity index (χ2v) is 11.4. The third kappa shape index (κ3) is 6.66. The van der Waals surface area contributed by atoms with Crippen molar-refractivity contribution in [1.29, 1.82) is 0 Å². The van der Waals surface area contributed by atoms with E-state index in [2.05, 4.69) is 22.4 Å². The minimum atomic E-state index is -0.230. The van der Waals surface area contributed by atoms with Crippen molar-refractivity contribution in [2.75, 3.05) is 13.7 Å². The van der Waals surface area contributed by atoms with Gasteiger partial charge < -0.3 is 19.2 Å². The Kier molecular flexibility index (Phi) is 9.15. The van der Waals surface area contributed by atoms with Gasteiger partial charge in [-0.3, -0.25) is 9.59 Å². The standard InChI is InChI=1S/C31H42N2O5/c1-36-28(34)19-23-12-7-11-22(18-23)13-14-24-26-15-16-27(38-26)29(24)31-33-25(20-37-31)30(35)32-17-6-5-10-21-8-3-2-4-9-21/h7,11-12,18,20-21,24,26-27,29H,2-6,8-10,13-17,19H2,1H3,(H,32,35)/t24-,26-,27+,29-/m0/s1. The molecule has 1 saturated carbocycles. The molecule has 1 amide bonds. The van der Waals surface area contributed by atoms with Gasteiger partial charge in [-0.05, 0) is 55.1 Å². The molecule has 38 heavy (non-hydrogen) atoms. The fraction of sp³-hybridized carbons (Fsp3) is 0.645. The van der Waals surface area contributed by atoms with Crippen LogP contribution in [-0.4, -0.2) is 42.7 Å². The summed E-state index contributed by atoms with van der Waals surface area (Å²) in [6, 6.07) is 8.15. The van der Waals surface area contributed by atoms with Crippen molar-refractivity contribution in [3.63, 3.8) is 0 Å². The van der Waals surface area contributed by atoms with Gasteiger partial charge in [0.2, 0.25) is 5.89 Å². The van der Waals surface area contributed by atoms with Crippen molar-refractivity contribution in [3.8, 4) is 0 Å². The van der Waals surface area contributed by atoms with Crippen LogP contribution in [0.5, 0.6) is 0 Å². The molecule has 3 fully saturated rings. The van der Waals surface area contributed by atoms with Crippen LogP contribution in [0.4, 0.5) is 0 Å². The second-order valence-electron chi connectivity index (χ2n) is 11.4. The summed E-state index contributed by atoms with van der Waals surface area (Å²) in [7, 11) is 1.41. The van der Waals surface area contributed by atoms with E-state index in [1.165, 1.54) is 63.9 Å². The number of esters is 1. The van der Waals surface area contributed by atoms with Gasteiger partial charge in [-0.2, -0.15) is 0 Å². The lowest BCUT2D eigenvalue weighted by atomic mass is 9.76. The van der Waals surface area contributed by atoms with Gasteiger partial charge in [0.05, 0.1) is 31.7 Å². The Balaban J connectivity index is 1.12. The van der Waals surface area contributed by atoms with Crippen LogP contribution >= 0.6 is 0 Å². The summed E-state index contributed by atoms with van der Waals surface area (Å²) < 4.78 is 17.0. The predicted molar refractivity (Wildman–Crippen MR) is 144 cm³/mol. The average molecular weight is 523 g/mol. The highest BCUT2D eigenvalue weighted by atomic mass is 16.5. The molecule has 7 nitrogen and oxygen atoms in total. The topological polar surface area (TPSA) is 90.7 Å². The first-order valence-corrected chi connectivity index (χ1v) is 14.6. The third-order valence-electron chi connectivity index (χ3n) is 8.85. The summed E-state index contributed by atoms with van der Waals surface area (Å²) in [6.45, 7) is 0.683. The number of hydrogen-bond acceptors (Lipinski definition) is 6. The number of aromatic nitrogens is 1. The highest BCUT2D eigenvalue weighted by molar-refractivity contribution is 5.91. The molecule has 1 aromatic heterocycles. The molecule has 206 valence electrons. The number of ether oxygens (including phenoxy) is 2. The number of aryl methyl sites for hydroxylation is 1. The van der Waals surface area contributed by atoms with Crippen LogP contribution in [0.25, 0.3) is 0 Å². The summed E-state index contributed by atoms with van der Waals surface area (Å²) in [6.07, 6.45) is 16.4. The first-order valence-electron chi connectivity index (χ1n) is 14.6. The molecule has 1 N–H and O–H groups in total. The quantitative estimate of drug-likeness (QED) is 0.281. The van der Waals surface area contributed by atoms with Crippen LogP contribution in [0.15, 0.2) is 34.9 Å². The van der Waals surface area contributed by atoms with Crippen molar-refractivity contribution >= 4 is 11.9 Å². The van der Waals surface area contributed by atoms with Crippen LogP contribution in [-0.2, 0) is 27.1 Å². The number of benzene rings is 1. The number of methoxy groups -OCH3 is 1. The predicted octanol–water partition coefficient (Wildman–Crippen LogP) is 5.76. The van der Waals surface area contributed by atoms with Gasteiger partial charge in [0.15, 0.2) is 5.69 Å². The fourth-order valence-corrected chi connectivity index (χ4v) is 6.82. The summed E-state index contributed by atoms with van der Waals surface area (Å²) in [5, 5.41) is 3.03. The van der Waals surface area contributed by atoms with Gasteiger partial charge in [-0.15, -0.1) is 0 Å². The first kappa shape index (κ1) is 26.9. The molecule has 5 rings (SSSR count). The third-order valence-corrected chi connectivity index (χ3v) is 8.85. The summed E-state index contributed by atoms with van der Waals surface area (Å²) >= 11 is 0. The van der Waals surface area contributed by atoms with E-state index in [0.29, 0.717) is 24.0 Å². The van der Waals surface area contributed by atoms with Crippen LogP contribution in [0, 0.1) is 11.8 Å². The Bertz CT molecular complexity index is 1080. The number of carbonyl (C=O) groups is 2. The Morgan fingerprint density at radius 1 is 1.03 bits per heavy atom. The zero-order valence-corrected chi connectivity index (χ0v) is 22.7. The second kappa shape index (κ2) is 12.9. The smallest absolute Gasteiger partial charge is 0.309 e. The van der Waals surface area contributed by atoms with Crippen LogP contribution in [0.3, 0.4) is 0 Å². The molecule has 3 heterocycles. The van der Waals surface area contributed by atoms with Crippen molar-refractivity contribution < 1.29 is 23.5 Å². The molecule has 2 bridgehead atoms. The lowest BCUT2D eigenvalue weighted by molar-refractivity contribution is -0.139. The molecule has 7 heteroatoms. The van der Waals surface area contributed by atoms with E-state index in [4.69, 9.17) is 13.9 Å². The van der Waals surface area contributed by atoms with Gasteiger partial charge in [-0.1, -0.05) is 69.2 Å². The SMILES string of the molecule is COC(=O)Cc1cccc(CC[C@@H]2[C@H](c3nc(C(=O)NCCCCC4CCCCC4)co3)[C@H]3CC[C@@H]2O3)c1. The molecule has 4 atom stereocenters. The van der Waals surface area contributed by atoms with Gasteiger partial charge in [0.1, 0.15) is 6.26 Å². The van der Waals surface area contributed by atoms with E-state index in [-0.39, 0.29) is 36.4 Å². The van der Waals surface area contributed by atoms with Crippen molar-refractivity contribution in [2.45, 2.75) is 102 Å². The maximum atomic E-state index is 12.7. The number of unbranched alkanes of at least 4 members (excludes halogenated alkanes) is 1. The number of fused-ring (bicyclic) bond motifs is 2. The molecule has 0 radical (unpaired) electrons. The Labute approximate surface area is 226 Å². The number of rotatable bonds is 12. The van der Waals surface area contributed by atoms with E-state index in [1.807, 2.05) is 12.1 Å². The number of amides is 1. The number of nitrogens with one attached hydrogen (secondary N) is 1. The van der Waals surface area contributed by atoms with Gasteiger partial charge in [-0.25, -0.2) is 4.98 Å². The number of carbonyl (C=O) groups excluding carboxylic acids is 2. The molecule has 2 aromatic rings. The van der Waals surface area contributed by atoms with E-state index in [9.17, 15) is 9.59 Å². The molecule has 3 aliphatic rings. The Morgan fingerprint density at radius 3 is 2.68 bits per heavy atom. The van der Waals surface area contributed by atoms with Crippen molar-refractivity contribution in [1.82, 2.24) is 10.3 Å². The normalized spacial score (nSPS) is 25.0. The Morgan fingerprint density at radius 2 is 1.84 bits per heavy atom.